The maximum Gasteiger partial charge on any atom is 0.318 e. The Morgan fingerprint density at radius 2 is 2.00 bits per heavy atom. The second-order valence-electron chi connectivity index (χ2n) is 8.60. The smallest absolute Gasteiger partial charge is 0.318 e. The van der Waals surface area contributed by atoms with Crippen LogP contribution < -0.4 is 15.5 Å². The van der Waals surface area contributed by atoms with Gasteiger partial charge in [-0.05, 0) is 29.8 Å². The number of aromatic nitrogens is 2. The summed E-state index contributed by atoms with van der Waals surface area (Å²) in [6, 6.07) is 9.02. The zero-order valence-electron chi connectivity index (χ0n) is 18.4. The van der Waals surface area contributed by atoms with E-state index in [1.807, 2.05) is 12.1 Å². The lowest BCUT2D eigenvalue weighted by Crippen LogP contribution is -2.52. The van der Waals surface area contributed by atoms with Crippen molar-refractivity contribution in [1.82, 2.24) is 10.2 Å². The maximum atomic E-state index is 15.1. The Bertz CT molecular complexity index is 1260. The molecule has 3 heterocycles. The van der Waals surface area contributed by atoms with Gasteiger partial charge in [-0.2, -0.15) is 0 Å². The summed E-state index contributed by atoms with van der Waals surface area (Å²) < 4.78 is 48.7. The predicted octanol–water partition coefficient (Wildman–Crippen LogP) is 4.73. The van der Waals surface area contributed by atoms with Gasteiger partial charge in [0.05, 0.1) is 24.3 Å². The Kier molecular flexibility index (Phi) is 6.41. The quantitative estimate of drug-likeness (QED) is 0.529. The number of benzene rings is 2. The number of hydrogen-bond acceptors (Lipinski definition) is 7. The standard InChI is InChI=1S/C23H21ClF3N5O2S/c24-14-3-1-13(2-4-14)10-32-18-7-16(17(25)8-19(18)35-6-5-20(32)33)21-29-30-22(34-21)31-11-15(28)9-23(26,27)12-31/h1-4,7-8,15H,5-6,9-12,28H2. The summed E-state index contributed by atoms with van der Waals surface area (Å²) >= 11 is 7.36. The molecule has 1 unspecified atom stereocenters. The van der Waals surface area contributed by atoms with Crippen molar-refractivity contribution in [3.8, 4) is 11.5 Å². The zero-order chi connectivity index (χ0) is 24.7. The van der Waals surface area contributed by atoms with E-state index in [4.69, 9.17) is 21.8 Å². The molecule has 7 nitrogen and oxygen atoms in total. The van der Waals surface area contributed by atoms with E-state index in [-0.39, 0.29) is 42.9 Å². The number of fused-ring (bicyclic) bond motifs is 1. The minimum absolute atomic E-state index is 0.0213. The molecule has 0 radical (unpaired) electrons. The summed E-state index contributed by atoms with van der Waals surface area (Å²) in [6.45, 7) is -0.233. The van der Waals surface area contributed by atoms with Crippen molar-refractivity contribution >= 4 is 41.0 Å². The molecule has 1 aromatic heterocycles. The van der Waals surface area contributed by atoms with Crippen LogP contribution in [0, 0.1) is 5.82 Å². The number of nitrogens with two attached hydrogens (primary N) is 1. The molecule has 2 N–H and O–H groups in total. The summed E-state index contributed by atoms with van der Waals surface area (Å²) in [6.07, 6.45) is -0.142. The fraction of sp³-hybridized carbons (Fsp3) is 0.348. The largest absolute Gasteiger partial charge is 0.403 e. The Morgan fingerprint density at radius 1 is 1.23 bits per heavy atom. The van der Waals surface area contributed by atoms with Gasteiger partial charge < -0.3 is 20.0 Å². The van der Waals surface area contributed by atoms with Gasteiger partial charge in [0.25, 0.3) is 11.8 Å². The van der Waals surface area contributed by atoms with E-state index in [1.165, 1.54) is 28.8 Å². The van der Waals surface area contributed by atoms with E-state index in [1.54, 1.807) is 17.0 Å². The lowest BCUT2D eigenvalue weighted by Gasteiger charge is -2.34. The highest BCUT2D eigenvalue weighted by Crippen LogP contribution is 2.40. The van der Waals surface area contributed by atoms with Crippen molar-refractivity contribution in [1.29, 1.82) is 0 Å². The second-order valence-corrected chi connectivity index (χ2v) is 10.2. The monoisotopic (exact) mass is 523 g/mol. The molecule has 0 aliphatic carbocycles. The Morgan fingerprint density at radius 3 is 2.74 bits per heavy atom. The van der Waals surface area contributed by atoms with Gasteiger partial charge in [-0.25, -0.2) is 13.2 Å². The van der Waals surface area contributed by atoms with Gasteiger partial charge in [0.1, 0.15) is 5.82 Å². The summed E-state index contributed by atoms with van der Waals surface area (Å²) in [7, 11) is 0. The normalized spacial score (nSPS) is 20.0. The van der Waals surface area contributed by atoms with E-state index in [0.717, 1.165) is 5.56 Å². The minimum atomic E-state index is -3.00. The third-order valence-corrected chi connectivity index (χ3v) is 7.12. The molecule has 0 saturated carbocycles. The van der Waals surface area contributed by atoms with E-state index < -0.39 is 30.7 Å². The number of nitrogens with zero attached hydrogens (tertiary/aromatic N) is 4. The zero-order valence-corrected chi connectivity index (χ0v) is 20.0. The highest BCUT2D eigenvalue weighted by Gasteiger charge is 2.41. The highest BCUT2D eigenvalue weighted by atomic mass is 35.5. The summed E-state index contributed by atoms with van der Waals surface area (Å²) in [5.41, 5.74) is 7.10. The van der Waals surface area contributed by atoms with Crippen LogP contribution in [-0.4, -0.2) is 46.9 Å². The van der Waals surface area contributed by atoms with Gasteiger partial charge in [-0.1, -0.05) is 28.8 Å². The lowest BCUT2D eigenvalue weighted by atomic mass is 10.0. The summed E-state index contributed by atoms with van der Waals surface area (Å²) in [4.78, 5) is 16.3. The maximum absolute atomic E-state index is 15.1. The number of rotatable bonds is 4. The second kappa shape index (κ2) is 9.36. The molecule has 1 saturated heterocycles. The molecule has 0 spiro atoms. The average molecular weight is 524 g/mol. The SMILES string of the molecule is NC1CN(c2nnc(-c3cc4c(cc3F)SCCC(=O)N4Cc3ccc(Cl)cc3)o2)CC(F)(F)C1. The van der Waals surface area contributed by atoms with Gasteiger partial charge in [0.2, 0.25) is 5.91 Å². The van der Waals surface area contributed by atoms with Crippen molar-refractivity contribution in [3.05, 3.63) is 52.8 Å². The van der Waals surface area contributed by atoms with Crippen molar-refractivity contribution in [2.75, 3.05) is 28.6 Å². The van der Waals surface area contributed by atoms with Crippen molar-refractivity contribution < 1.29 is 22.4 Å². The van der Waals surface area contributed by atoms with Crippen LogP contribution in [0.4, 0.5) is 24.9 Å². The van der Waals surface area contributed by atoms with E-state index >= 15 is 4.39 Å². The number of piperidine rings is 1. The molecular formula is C23H21ClF3N5O2S. The first kappa shape index (κ1) is 24.0. The van der Waals surface area contributed by atoms with Crippen molar-refractivity contribution in [2.45, 2.75) is 36.2 Å². The minimum Gasteiger partial charge on any atom is -0.403 e. The number of carbonyl (C=O) groups excluding carboxylic acids is 1. The average Bonchev–Trinajstić information content (AvgIpc) is 3.22. The molecule has 2 aromatic carbocycles. The number of thioether (sulfide) groups is 1. The number of halogens is 4. The number of hydrogen-bond donors (Lipinski definition) is 1. The number of alkyl halides is 2. The molecule has 2 aliphatic rings. The molecule has 12 heteroatoms. The number of carbonyl (C=O) groups is 1. The van der Waals surface area contributed by atoms with E-state index in [2.05, 4.69) is 10.2 Å². The van der Waals surface area contributed by atoms with Gasteiger partial charge in [0, 0.05) is 41.1 Å². The number of amides is 1. The Balaban J connectivity index is 1.49. The van der Waals surface area contributed by atoms with Crippen LogP contribution >= 0.6 is 23.4 Å². The predicted molar refractivity (Wildman–Crippen MR) is 127 cm³/mol. The molecule has 1 atom stereocenters. The van der Waals surface area contributed by atoms with Crippen LogP contribution in [0.3, 0.4) is 0 Å². The molecule has 35 heavy (non-hydrogen) atoms. The van der Waals surface area contributed by atoms with Crippen LogP contribution in [0.2, 0.25) is 5.02 Å². The van der Waals surface area contributed by atoms with Crippen LogP contribution in [0.1, 0.15) is 18.4 Å². The summed E-state index contributed by atoms with van der Waals surface area (Å²) in [5.74, 6) is -3.39. The van der Waals surface area contributed by atoms with Crippen LogP contribution in [0.25, 0.3) is 11.5 Å². The van der Waals surface area contributed by atoms with Crippen molar-refractivity contribution in [3.63, 3.8) is 0 Å². The first-order valence-corrected chi connectivity index (χ1v) is 12.3. The molecule has 184 valence electrons. The highest BCUT2D eigenvalue weighted by molar-refractivity contribution is 7.99. The van der Waals surface area contributed by atoms with E-state index in [9.17, 15) is 13.6 Å². The Labute approximate surface area is 208 Å². The lowest BCUT2D eigenvalue weighted by molar-refractivity contribution is -0.118. The van der Waals surface area contributed by atoms with Gasteiger partial charge in [-0.3, -0.25) is 4.79 Å². The first-order valence-electron chi connectivity index (χ1n) is 10.9. The van der Waals surface area contributed by atoms with E-state index in [0.29, 0.717) is 21.4 Å². The molecule has 0 bridgehead atoms. The van der Waals surface area contributed by atoms with Crippen LogP contribution in [0.5, 0.6) is 0 Å². The fourth-order valence-corrected chi connectivity index (χ4v) is 5.36. The van der Waals surface area contributed by atoms with Crippen LogP contribution in [-0.2, 0) is 11.3 Å². The molecule has 3 aromatic rings. The number of anilines is 2. The van der Waals surface area contributed by atoms with Crippen molar-refractivity contribution in [2.24, 2.45) is 5.73 Å². The third-order valence-electron chi connectivity index (χ3n) is 5.82. The molecule has 1 fully saturated rings. The molecule has 5 rings (SSSR count). The molecular weight excluding hydrogens is 503 g/mol. The third kappa shape index (κ3) is 5.12. The molecule has 1 amide bonds. The van der Waals surface area contributed by atoms with Crippen LogP contribution in [0.15, 0.2) is 45.7 Å². The Hall–Kier alpha value is -2.76. The topological polar surface area (TPSA) is 88.5 Å². The first-order chi connectivity index (χ1) is 16.7. The van der Waals surface area contributed by atoms with Gasteiger partial charge >= 0.3 is 6.01 Å². The van der Waals surface area contributed by atoms with Gasteiger partial charge in [-0.15, -0.1) is 16.9 Å². The van der Waals surface area contributed by atoms with Gasteiger partial charge in [0.15, 0.2) is 0 Å². The fourth-order valence-electron chi connectivity index (χ4n) is 4.23. The molecule has 2 aliphatic heterocycles. The summed E-state index contributed by atoms with van der Waals surface area (Å²) in [5, 5.41) is 8.33.